The molecular formula is C8H7FO. The molecule has 10 heavy (non-hydrogen) atoms. The lowest BCUT2D eigenvalue weighted by molar-refractivity contribution is 0.101. The fourth-order valence-electron chi connectivity index (χ4n) is 0.747. The lowest BCUT2D eigenvalue weighted by Crippen LogP contribution is -1.94. The summed E-state index contributed by atoms with van der Waals surface area (Å²) >= 11 is 0. The van der Waals surface area contributed by atoms with Gasteiger partial charge in [-0.15, -0.1) is 0 Å². The molecule has 0 N–H and O–H groups in total. The average Bonchev–Trinajstić information content (AvgIpc) is 1.88. The number of Topliss-reactive ketones (excluding diaryl/α,β-unsaturated/α-hetero) is 1. The van der Waals surface area contributed by atoms with Crippen LogP contribution >= 0.6 is 0 Å². The molecular weight excluding hydrogens is 130 g/mol. The third kappa shape index (κ3) is 1.21. The molecule has 1 nitrogen and oxygen atoms in total. The van der Waals surface area contributed by atoms with E-state index in [9.17, 15) is 9.18 Å². The van der Waals surface area contributed by atoms with Crippen molar-refractivity contribution in [2.24, 2.45) is 0 Å². The molecule has 1 aromatic carbocycles. The van der Waals surface area contributed by atoms with Crippen LogP contribution in [0.5, 0.6) is 0 Å². The van der Waals surface area contributed by atoms with Crippen LogP contribution < -0.4 is 0 Å². The molecule has 2 heteroatoms. The van der Waals surface area contributed by atoms with Gasteiger partial charge in [-0.25, -0.2) is 4.39 Å². The minimum atomic E-state index is -0.449. The molecule has 1 aromatic rings. The Kier molecular flexibility index (Phi) is 1.81. The van der Waals surface area contributed by atoms with Crippen LogP contribution in [-0.2, 0) is 0 Å². The van der Waals surface area contributed by atoms with Gasteiger partial charge in [0, 0.05) is 0 Å². The molecule has 0 saturated heterocycles. The van der Waals surface area contributed by atoms with Gasteiger partial charge in [-0.3, -0.25) is 4.79 Å². The van der Waals surface area contributed by atoms with Gasteiger partial charge in [-0.05, 0) is 19.1 Å². The Balaban J connectivity index is 3.15. The Bertz CT molecular complexity index is 255. The number of benzene rings is 1. The van der Waals surface area contributed by atoms with E-state index in [-0.39, 0.29) is 11.3 Å². The van der Waals surface area contributed by atoms with Crippen molar-refractivity contribution in [3.63, 3.8) is 0 Å². The van der Waals surface area contributed by atoms with Crippen LogP contribution in [0.2, 0.25) is 0 Å². The standard InChI is InChI=1S/C8H7FO/c1-6(10)7-4-2-3-5-8(7)9/h2-5H,1H3/i9-1. The molecule has 0 saturated carbocycles. The molecule has 0 atom stereocenters. The second-order valence-electron chi connectivity index (χ2n) is 2.04. The zero-order valence-electron chi connectivity index (χ0n) is 5.60. The minimum Gasteiger partial charge on any atom is -0.294 e. The van der Waals surface area contributed by atoms with E-state index in [1.165, 1.54) is 19.1 Å². The summed E-state index contributed by atoms with van der Waals surface area (Å²) < 4.78 is 12.6. The molecule has 0 radical (unpaired) electrons. The van der Waals surface area contributed by atoms with Crippen LogP contribution in [0.4, 0.5) is 4.39 Å². The fraction of sp³-hybridized carbons (Fsp3) is 0.125. The maximum atomic E-state index is 12.6. The highest BCUT2D eigenvalue weighted by Gasteiger charge is 2.03. The Labute approximate surface area is 58.5 Å². The summed E-state index contributed by atoms with van der Waals surface area (Å²) in [6.45, 7) is 1.35. The maximum absolute atomic E-state index is 12.6. The topological polar surface area (TPSA) is 17.1 Å². The van der Waals surface area contributed by atoms with Gasteiger partial charge in [0.2, 0.25) is 0 Å². The first-order valence-electron chi connectivity index (χ1n) is 2.97. The molecule has 0 aliphatic heterocycles. The molecule has 0 bridgehead atoms. The molecule has 1 rings (SSSR count). The lowest BCUT2D eigenvalue weighted by atomic mass is 10.1. The highest BCUT2D eigenvalue weighted by molar-refractivity contribution is 5.94. The van der Waals surface area contributed by atoms with Crippen LogP contribution in [0.25, 0.3) is 0 Å². The number of halogens is 1. The van der Waals surface area contributed by atoms with Crippen molar-refractivity contribution in [3.05, 3.63) is 35.6 Å². The average molecular weight is 137 g/mol. The fourth-order valence-corrected chi connectivity index (χ4v) is 0.747. The van der Waals surface area contributed by atoms with Crippen LogP contribution in [0.3, 0.4) is 0 Å². The zero-order chi connectivity index (χ0) is 7.56. The second-order valence-corrected chi connectivity index (χ2v) is 2.04. The van der Waals surface area contributed by atoms with Crippen molar-refractivity contribution in [1.29, 1.82) is 0 Å². The molecule has 0 spiro atoms. The van der Waals surface area contributed by atoms with Crippen LogP contribution in [-0.4, -0.2) is 5.78 Å². The van der Waals surface area contributed by atoms with Crippen molar-refractivity contribution in [3.8, 4) is 0 Å². The largest absolute Gasteiger partial charge is 0.294 e. The Morgan fingerprint density at radius 1 is 1.40 bits per heavy atom. The zero-order valence-corrected chi connectivity index (χ0v) is 5.60. The van der Waals surface area contributed by atoms with Gasteiger partial charge in [0.25, 0.3) is 0 Å². The van der Waals surface area contributed by atoms with Gasteiger partial charge in [0.05, 0.1) is 5.56 Å². The van der Waals surface area contributed by atoms with Gasteiger partial charge in [-0.1, -0.05) is 12.1 Å². The van der Waals surface area contributed by atoms with Crippen LogP contribution in [0, 0.1) is 5.82 Å². The first kappa shape index (κ1) is 6.93. The van der Waals surface area contributed by atoms with Crippen LogP contribution in [0.1, 0.15) is 17.3 Å². The summed E-state index contributed by atoms with van der Waals surface area (Å²) in [5, 5.41) is 0. The van der Waals surface area contributed by atoms with Gasteiger partial charge in [0.15, 0.2) is 5.78 Å². The molecule has 52 valence electrons. The first-order valence-corrected chi connectivity index (χ1v) is 2.97. The van der Waals surface area contributed by atoms with Crippen molar-refractivity contribution in [2.45, 2.75) is 6.92 Å². The van der Waals surface area contributed by atoms with E-state index in [4.69, 9.17) is 0 Å². The number of hydrogen-bond acceptors (Lipinski definition) is 1. The molecule has 0 fully saturated rings. The molecule has 0 heterocycles. The second kappa shape index (κ2) is 2.60. The van der Waals surface area contributed by atoms with E-state index >= 15 is 0 Å². The number of carbonyl (C=O) groups excluding carboxylic acids is 1. The molecule has 0 aromatic heterocycles. The molecule has 0 aliphatic carbocycles. The van der Waals surface area contributed by atoms with Gasteiger partial charge in [0.1, 0.15) is 5.82 Å². The molecule has 0 unspecified atom stereocenters. The summed E-state index contributed by atoms with van der Waals surface area (Å²) in [7, 11) is 0. The predicted molar refractivity (Wildman–Crippen MR) is 36.4 cm³/mol. The van der Waals surface area contributed by atoms with Crippen molar-refractivity contribution in [1.82, 2.24) is 0 Å². The summed E-state index contributed by atoms with van der Waals surface area (Å²) in [5.41, 5.74) is 0.155. The van der Waals surface area contributed by atoms with E-state index in [0.717, 1.165) is 0 Å². The number of rotatable bonds is 1. The van der Waals surface area contributed by atoms with E-state index in [1.54, 1.807) is 12.1 Å². The van der Waals surface area contributed by atoms with Crippen molar-refractivity contribution >= 4 is 5.78 Å². The summed E-state index contributed by atoms with van der Waals surface area (Å²) in [4.78, 5) is 10.6. The van der Waals surface area contributed by atoms with Gasteiger partial charge < -0.3 is 0 Å². The van der Waals surface area contributed by atoms with Gasteiger partial charge in [-0.2, -0.15) is 0 Å². The van der Waals surface area contributed by atoms with Gasteiger partial charge >= 0.3 is 0 Å². The smallest absolute Gasteiger partial charge is 0.162 e. The SMILES string of the molecule is CC(=O)c1ccccc1[18F]. The summed E-state index contributed by atoms with van der Waals surface area (Å²) in [6, 6.07) is 5.94. The first-order chi connectivity index (χ1) is 4.72. The van der Waals surface area contributed by atoms with E-state index in [0.29, 0.717) is 0 Å². The molecule has 0 aliphatic rings. The Hall–Kier alpha value is -1.18. The number of hydrogen-bond donors (Lipinski definition) is 0. The third-order valence-corrected chi connectivity index (χ3v) is 1.25. The summed E-state index contributed by atoms with van der Waals surface area (Å²) in [6.07, 6.45) is 0. The number of carbonyl (C=O) groups is 1. The summed E-state index contributed by atoms with van der Waals surface area (Å²) in [5.74, 6) is -0.687. The van der Waals surface area contributed by atoms with E-state index in [1.807, 2.05) is 0 Å². The minimum absolute atomic E-state index is 0.155. The van der Waals surface area contributed by atoms with Crippen molar-refractivity contribution < 1.29 is 9.18 Å². The Morgan fingerprint density at radius 2 is 2.00 bits per heavy atom. The third-order valence-electron chi connectivity index (χ3n) is 1.25. The highest BCUT2D eigenvalue weighted by Crippen LogP contribution is 2.05. The van der Waals surface area contributed by atoms with E-state index < -0.39 is 5.82 Å². The van der Waals surface area contributed by atoms with Crippen molar-refractivity contribution in [2.75, 3.05) is 0 Å². The quantitative estimate of drug-likeness (QED) is 0.541. The van der Waals surface area contributed by atoms with Crippen LogP contribution in [0.15, 0.2) is 24.3 Å². The molecule has 0 amide bonds. The normalized spacial score (nSPS) is 9.40. The highest BCUT2D eigenvalue weighted by atomic mass is 18.2. The lowest BCUT2D eigenvalue weighted by Gasteiger charge is -1.94. The monoisotopic (exact) mass is 137 g/mol. The maximum Gasteiger partial charge on any atom is 0.162 e. The Morgan fingerprint density at radius 3 is 2.40 bits per heavy atom. The number of ketones is 1. The van der Waals surface area contributed by atoms with E-state index in [2.05, 4.69) is 0 Å². The predicted octanol–water partition coefficient (Wildman–Crippen LogP) is 2.03.